The first-order valence-corrected chi connectivity index (χ1v) is 10.0. The Hall–Kier alpha value is -2.28. The lowest BCUT2D eigenvalue weighted by atomic mass is 9.60. The molecule has 0 fully saturated rings. The number of benzene rings is 1. The van der Waals surface area contributed by atoms with Crippen LogP contribution in [0.15, 0.2) is 89.1 Å². The van der Waals surface area contributed by atoms with E-state index < -0.39 is 0 Å². The van der Waals surface area contributed by atoms with Gasteiger partial charge in [0.05, 0.1) is 0 Å². The number of hydrogen-bond donors (Lipinski definition) is 0. The molecule has 27 heavy (non-hydrogen) atoms. The monoisotopic (exact) mass is 348 g/mol. The quantitative estimate of drug-likeness (QED) is 0.591. The van der Waals surface area contributed by atoms with Crippen molar-refractivity contribution < 1.29 is 0 Å². The molecule has 2 radical (unpaired) electrons. The van der Waals surface area contributed by atoms with Gasteiger partial charge in [-0.15, -0.1) is 0 Å². The number of rotatable bonds is 1. The summed E-state index contributed by atoms with van der Waals surface area (Å²) in [4.78, 5) is 0. The summed E-state index contributed by atoms with van der Waals surface area (Å²) in [6.45, 7) is 7.07. The molecule has 3 unspecified atom stereocenters. The zero-order chi connectivity index (χ0) is 18.8. The molecule has 0 nitrogen and oxygen atoms in total. The first kappa shape index (κ1) is 16.9. The summed E-state index contributed by atoms with van der Waals surface area (Å²) in [5, 5.41) is 0. The Balaban J connectivity index is 1.60. The molecule has 0 N–H and O–H groups in total. The fourth-order valence-electron chi connectivity index (χ4n) is 5.01. The van der Waals surface area contributed by atoms with Gasteiger partial charge >= 0.3 is 0 Å². The van der Waals surface area contributed by atoms with Gasteiger partial charge in [-0.3, -0.25) is 0 Å². The van der Waals surface area contributed by atoms with Gasteiger partial charge in [-0.05, 0) is 51.2 Å². The normalized spacial score (nSPS) is 28.4. The lowest BCUT2D eigenvalue weighted by Crippen LogP contribution is -2.31. The molecule has 0 amide bonds. The molecule has 0 spiro atoms. The molecular weight excluding hydrogens is 323 g/mol. The van der Waals surface area contributed by atoms with Crippen molar-refractivity contribution in [1.82, 2.24) is 0 Å². The van der Waals surface area contributed by atoms with E-state index in [1.54, 1.807) is 11.1 Å². The fourth-order valence-corrected chi connectivity index (χ4v) is 5.01. The van der Waals surface area contributed by atoms with Crippen LogP contribution < -0.4 is 5.46 Å². The maximum absolute atomic E-state index is 5.90. The van der Waals surface area contributed by atoms with Crippen molar-refractivity contribution in [2.75, 3.05) is 0 Å². The van der Waals surface area contributed by atoms with Crippen LogP contribution >= 0.6 is 0 Å². The minimum Gasteiger partial charge on any atom is -0.0966 e. The molecule has 0 saturated heterocycles. The third-order valence-corrected chi connectivity index (χ3v) is 6.64. The van der Waals surface area contributed by atoms with Gasteiger partial charge < -0.3 is 0 Å². The molecule has 1 aromatic carbocycles. The highest BCUT2D eigenvalue weighted by atomic mass is 14.4. The van der Waals surface area contributed by atoms with E-state index >= 15 is 0 Å². The lowest BCUT2D eigenvalue weighted by molar-refractivity contribution is 0.287. The van der Waals surface area contributed by atoms with Crippen molar-refractivity contribution >= 4 is 18.9 Å². The maximum Gasteiger partial charge on any atom is 0.113 e. The second-order valence-electron chi connectivity index (χ2n) is 9.34. The molecule has 0 saturated carbocycles. The van der Waals surface area contributed by atoms with Gasteiger partial charge in [0.25, 0.3) is 0 Å². The van der Waals surface area contributed by atoms with Crippen molar-refractivity contribution in [3.63, 3.8) is 0 Å². The third-order valence-electron chi connectivity index (χ3n) is 6.64. The highest BCUT2D eigenvalue weighted by Crippen LogP contribution is 2.53. The largest absolute Gasteiger partial charge is 0.113 e. The maximum atomic E-state index is 5.90. The highest BCUT2D eigenvalue weighted by Gasteiger charge is 2.40. The average Bonchev–Trinajstić information content (AvgIpc) is 2.65. The summed E-state index contributed by atoms with van der Waals surface area (Å²) >= 11 is 0. The SMILES string of the molecule is [B]c1ccc(C2=CC=C3C=CC4=CC(C(C)(C)C)CC5=C4C3C2C=C5)cc1. The Morgan fingerprint density at radius 3 is 2.48 bits per heavy atom. The van der Waals surface area contributed by atoms with Crippen molar-refractivity contribution in [2.45, 2.75) is 27.2 Å². The van der Waals surface area contributed by atoms with Crippen LogP contribution in [0.5, 0.6) is 0 Å². The third kappa shape index (κ3) is 2.67. The van der Waals surface area contributed by atoms with E-state index in [2.05, 4.69) is 75.4 Å². The summed E-state index contributed by atoms with van der Waals surface area (Å²) in [5.74, 6) is 1.46. The Morgan fingerprint density at radius 1 is 0.963 bits per heavy atom. The van der Waals surface area contributed by atoms with Crippen molar-refractivity contribution in [3.05, 3.63) is 94.7 Å². The molecular formula is C26H25B. The minimum absolute atomic E-state index is 0.293. The van der Waals surface area contributed by atoms with E-state index in [0.29, 0.717) is 23.2 Å². The van der Waals surface area contributed by atoms with Crippen LogP contribution in [0.2, 0.25) is 0 Å². The first-order chi connectivity index (χ1) is 12.9. The minimum atomic E-state index is 0.293. The molecule has 132 valence electrons. The van der Waals surface area contributed by atoms with E-state index in [-0.39, 0.29) is 0 Å². The lowest BCUT2D eigenvalue weighted by Gasteiger charge is -2.43. The molecule has 1 aromatic rings. The van der Waals surface area contributed by atoms with Crippen LogP contribution in [-0.2, 0) is 0 Å². The zero-order valence-electron chi connectivity index (χ0n) is 16.4. The second-order valence-corrected chi connectivity index (χ2v) is 9.34. The Labute approximate surface area is 164 Å². The fraction of sp³-hybridized carbons (Fsp3) is 0.308. The average molecular weight is 348 g/mol. The second kappa shape index (κ2) is 5.86. The molecule has 1 heteroatoms. The van der Waals surface area contributed by atoms with Gasteiger partial charge in [-0.2, -0.15) is 0 Å². The van der Waals surface area contributed by atoms with E-state index in [9.17, 15) is 0 Å². The van der Waals surface area contributed by atoms with Gasteiger partial charge in [0.2, 0.25) is 0 Å². The summed E-state index contributed by atoms with van der Waals surface area (Å²) < 4.78 is 0. The molecule has 3 atom stereocenters. The van der Waals surface area contributed by atoms with Crippen molar-refractivity contribution in [3.8, 4) is 0 Å². The summed E-state index contributed by atoms with van der Waals surface area (Å²) in [7, 11) is 5.90. The predicted octanol–water partition coefficient (Wildman–Crippen LogP) is 5.46. The first-order valence-electron chi connectivity index (χ1n) is 10.0. The highest BCUT2D eigenvalue weighted by molar-refractivity contribution is 6.32. The van der Waals surface area contributed by atoms with Crippen LogP contribution in [0.25, 0.3) is 5.57 Å². The molecule has 0 bridgehead atoms. The Morgan fingerprint density at radius 2 is 1.74 bits per heavy atom. The topological polar surface area (TPSA) is 0 Å². The molecule has 4 aliphatic carbocycles. The zero-order valence-corrected chi connectivity index (χ0v) is 16.4. The predicted molar refractivity (Wildman–Crippen MR) is 116 cm³/mol. The van der Waals surface area contributed by atoms with Crippen LogP contribution in [0.1, 0.15) is 32.8 Å². The van der Waals surface area contributed by atoms with E-state index in [0.717, 1.165) is 11.9 Å². The van der Waals surface area contributed by atoms with Crippen LogP contribution in [0.4, 0.5) is 0 Å². The van der Waals surface area contributed by atoms with E-state index in [1.165, 1.54) is 22.3 Å². The molecule has 0 heterocycles. The number of allylic oxidation sites excluding steroid dienone is 12. The Bertz CT molecular complexity index is 984. The Kier molecular flexibility index (Phi) is 3.66. The molecule has 0 aromatic heterocycles. The van der Waals surface area contributed by atoms with Crippen molar-refractivity contribution in [1.29, 1.82) is 0 Å². The standard InChI is InChI=1S/C26H25B/c1-26(2,3)20-14-18-5-4-17-8-12-22(16-6-10-21(27)11-7-16)23-13-9-19(15-20)24(18)25(17)23/h4-14,20,23,25H,15H2,1-3H3. The van der Waals surface area contributed by atoms with Crippen LogP contribution in [0.3, 0.4) is 0 Å². The van der Waals surface area contributed by atoms with Gasteiger partial charge in [0, 0.05) is 11.8 Å². The summed E-state index contributed by atoms with van der Waals surface area (Å²) in [6, 6.07) is 8.33. The molecule has 5 rings (SSSR count). The summed E-state index contributed by atoms with van der Waals surface area (Å²) in [5.41, 5.74) is 9.80. The van der Waals surface area contributed by atoms with Gasteiger partial charge in [0.1, 0.15) is 7.85 Å². The van der Waals surface area contributed by atoms with Crippen molar-refractivity contribution in [2.24, 2.45) is 23.2 Å². The van der Waals surface area contributed by atoms with Crippen LogP contribution in [-0.4, -0.2) is 7.85 Å². The smallest absolute Gasteiger partial charge is 0.0966 e. The summed E-state index contributed by atoms with van der Waals surface area (Å²) in [6.07, 6.45) is 17.8. The molecule has 4 aliphatic rings. The van der Waals surface area contributed by atoms with Gasteiger partial charge in [-0.25, -0.2) is 0 Å². The molecule has 0 aliphatic heterocycles. The number of hydrogen-bond acceptors (Lipinski definition) is 0. The van der Waals surface area contributed by atoms with Gasteiger partial charge in [-0.1, -0.05) is 93.0 Å². The van der Waals surface area contributed by atoms with Crippen LogP contribution in [0, 0.1) is 23.2 Å². The van der Waals surface area contributed by atoms with E-state index in [4.69, 9.17) is 7.85 Å². The van der Waals surface area contributed by atoms with Gasteiger partial charge in [0.15, 0.2) is 0 Å². The van der Waals surface area contributed by atoms with E-state index in [1.807, 2.05) is 12.1 Å².